The first kappa shape index (κ1) is 17.5. The van der Waals surface area contributed by atoms with E-state index in [0.717, 1.165) is 17.9 Å². The maximum Gasteiger partial charge on any atom is 0.226 e. The van der Waals surface area contributed by atoms with Crippen LogP contribution in [-0.4, -0.2) is 44.3 Å². The van der Waals surface area contributed by atoms with Crippen LogP contribution in [-0.2, 0) is 13.0 Å². The van der Waals surface area contributed by atoms with Gasteiger partial charge in [-0.05, 0) is 11.5 Å². The summed E-state index contributed by atoms with van der Waals surface area (Å²) in [5, 5.41) is 14.0. The molecule has 2 aromatic rings. The first-order valence-corrected chi connectivity index (χ1v) is 9.63. The van der Waals surface area contributed by atoms with Crippen LogP contribution in [0.25, 0.3) is 0 Å². The molecule has 2 atom stereocenters. The van der Waals surface area contributed by atoms with E-state index in [9.17, 15) is 5.11 Å². The SMILES string of the molecule is CC(C)Cc1nc(CN2[C@@H](CO)CSC[C@@H]2c2ccccc2)no1. The van der Waals surface area contributed by atoms with Crippen molar-refractivity contribution in [2.45, 2.75) is 38.9 Å². The Labute approximate surface area is 147 Å². The fourth-order valence-corrected chi connectivity index (χ4v) is 4.38. The van der Waals surface area contributed by atoms with Gasteiger partial charge < -0.3 is 9.63 Å². The summed E-state index contributed by atoms with van der Waals surface area (Å²) in [6, 6.07) is 10.8. The summed E-state index contributed by atoms with van der Waals surface area (Å²) < 4.78 is 5.37. The Hall–Kier alpha value is -1.37. The minimum atomic E-state index is 0.112. The number of benzene rings is 1. The summed E-state index contributed by atoms with van der Waals surface area (Å²) in [5.41, 5.74) is 1.27. The number of rotatable bonds is 6. The number of aromatic nitrogens is 2. The monoisotopic (exact) mass is 347 g/mol. The van der Waals surface area contributed by atoms with Gasteiger partial charge in [0.15, 0.2) is 5.82 Å². The summed E-state index contributed by atoms with van der Waals surface area (Å²) in [7, 11) is 0. The molecule has 1 aliphatic rings. The van der Waals surface area contributed by atoms with Crippen LogP contribution < -0.4 is 0 Å². The molecule has 1 saturated heterocycles. The quantitative estimate of drug-likeness (QED) is 0.867. The normalized spacial score (nSPS) is 22.2. The lowest BCUT2D eigenvalue weighted by molar-refractivity contribution is 0.0883. The highest BCUT2D eigenvalue weighted by atomic mass is 32.2. The number of hydrogen-bond donors (Lipinski definition) is 1. The molecule has 0 radical (unpaired) electrons. The zero-order valence-electron chi connectivity index (χ0n) is 14.3. The highest BCUT2D eigenvalue weighted by molar-refractivity contribution is 7.99. The van der Waals surface area contributed by atoms with E-state index in [-0.39, 0.29) is 18.7 Å². The molecule has 1 fully saturated rings. The Morgan fingerprint density at radius 1 is 1.29 bits per heavy atom. The van der Waals surface area contributed by atoms with Crippen molar-refractivity contribution in [3.8, 4) is 0 Å². The fraction of sp³-hybridized carbons (Fsp3) is 0.556. The maximum atomic E-state index is 9.81. The van der Waals surface area contributed by atoms with Gasteiger partial charge in [-0.3, -0.25) is 4.90 Å². The smallest absolute Gasteiger partial charge is 0.226 e. The van der Waals surface area contributed by atoms with Gasteiger partial charge in [0, 0.05) is 30.0 Å². The first-order chi connectivity index (χ1) is 11.7. The van der Waals surface area contributed by atoms with Crippen molar-refractivity contribution in [2.75, 3.05) is 18.1 Å². The molecule has 5 nitrogen and oxygen atoms in total. The average molecular weight is 347 g/mol. The third-order valence-electron chi connectivity index (χ3n) is 4.27. The van der Waals surface area contributed by atoms with Crippen LogP contribution >= 0.6 is 11.8 Å². The van der Waals surface area contributed by atoms with Gasteiger partial charge in [-0.25, -0.2) is 0 Å². The molecule has 0 saturated carbocycles. The largest absolute Gasteiger partial charge is 0.395 e. The van der Waals surface area contributed by atoms with Crippen molar-refractivity contribution in [2.24, 2.45) is 5.92 Å². The molecule has 0 bridgehead atoms. The summed E-state index contributed by atoms with van der Waals surface area (Å²) in [6.45, 7) is 5.03. The third-order valence-corrected chi connectivity index (χ3v) is 5.44. The van der Waals surface area contributed by atoms with Gasteiger partial charge in [-0.1, -0.05) is 49.3 Å². The van der Waals surface area contributed by atoms with E-state index in [0.29, 0.717) is 24.2 Å². The fourth-order valence-electron chi connectivity index (χ4n) is 3.07. The summed E-state index contributed by atoms with van der Waals surface area (Å²) in [4.78, 5) is 6.85. The Kier molecular flexibility index (Phi) is 5.92. The summed E-state index contributed by atoms with van der Waals surface area (Å²) >= 11 is 1.89. The molecule has 0 aliphatic carbocycles. The lowest BCUT2D eigenvalue weighted by atomic mass is 10.0. The number of aliphatic hydroxyl groups excluding tert-OH is 1. The standard InChI is InChI=1S/C18H25N3O2S/c1-13(2)8-18-19-17(20-23-18)9-21-15(10-22)11-24-12-16(21)14-6-4-3-5-7-14/h3-7,13,15-16,22H,8-12H2,1-2H3/t15-,16+/m0/s1. The van der Waals surface area contributed by atoms with E-state index in [1.165, 1.54) is 5.56 Å². The second-order valence-electron chi connectivity index (χ2n) is 6.67. The zero-order chi connectivity index (χ0) is 16.9. The van der Waals surface area contributed by atoms with Gasteiger partial charge in [0.25, 0.3) is 0 Å². The van der Waals surface area contributed by atoms with E-state index in [1.54, 1.807) is 0 Å². The van der Waals surface area contributed by atoms with Gasteiger partial charge >= 0.3 is 0 Å². The van der Waals surface area contributed by atoms with Crippen molar-refractivity contribution in [3.63, 3.8) is 0 Å². The molecular formula is C18H25N3O2S. The van der Waals surface area contributed by atoms with E-state index in [4.69, 9.17) is 4.52 Å². The van der Waals surface area contributed by atoms with Crippen molar-refractivity contribution >= 4 is 11.8 Å². The van der Waals surface area contributed by atoms with Crippen molar-refractivity contribution in [3.05, 3.63) is 47.6 Å². The van der Waals surface area contributed by atoms with Gasteiger partial charge in [0.1, 0.15) is 0 Å². The Balaban J connectivity index is 1.79. The molecule has 1 N–H and O–H groups in total. The highest BCUT2D eigenvalue weighted by Gasteiger charge is 2.32. The van der Waals surface area contributed by atoms with Crippen LogP contribution in [0.1, 0.15) is 37.2 Å². The number of thioether (sulfide) groups is 1. The second kappa shape index (κ2) is 8.14. The Morgan fingerprint density at radius 2 is 2.08 bits per heavy atom. The predicted octanol–water partition coefficient (Wildman–Crippen LogP) is 2.92. The van der Waals surface area contributed by atoms with Crippen LogP contribution in [0, 0.1) is 5.92 Å². The molecule has 1 aromatic carbocycles. The van der Waals surface area contributed by atoms with Crippen molar-refractivity contribution < 1.29 is 9.63 Å². The maximum absolute atomic E-state index is 9.81. The third kappa shape index (κ3) is 4.18. The molecule has 1 aliphatic heterocycles. The molecule has 0 spiro atoms. The van der Waals surface area contributed by atoms with Crippen molar-refractivity contribution in [1.82, 2.24) is 15.0 Å². The molecule has 0 amide bonds. The van der Waals surface area contributed by atoms with Gasteiger partial charge in [0.05, 0.1) is 13.2 Å². The Bertz CT molecular complexity index is 632. The van der Waals surface area contributed by atoms with Crippen LogP contribution in [0.5, 0.6) is 0 Å². The lowest BCUT2D eigenvalue weighted by Crippen LogP contribution is -2.46. The summed E-state index contributed by atoms with van der Waals surface area (Å²) in [5.74, 6) is 3.83. The number of aliphatic hydroxyl groups is 1. The molecular weight excluding hydrogens is 322 g/mol. The van der Waals surface area contributed by atoms with E-state index in [1.807, 2.05) is 17.8 Å². The van der Waals surface area contributed by atoms with Crippen LogP contribution in [0.4, 0.5) is 0 Å². The highest BCUT2D eigenvalue weighted by Crippen LogP contribution is 2.33. The molecule has 130 valence electrons. The average Bonchev–Trinajstić information content (AvgIpc) is 3.02. The zero-order valence-corrected chi connectivity index (χ0v) is 15.1. The number of hydrogen-bond acceptors (Lipinski definition) is 6. The molecule has 24 heavy (non-hydrogen) atoms. The predicted molar refractivity (Wildman–Crippen MR) is 95.8 cm³/mol. The van der Waals surface area contributed by atoms with Gasteiger partial charge in [-0.15, -0.1) is 0 Å². The summed E-state index contributed by atoms with van der Waals surface area (Å²) in [6.07, 6.45) is 0.800. The van der Waals surface area contributed by atoms with Crippen molar-refractivity contribution in [1.29, 1.82) is 0 Å². The lowest BCUT2D eigenvalue weighted by Gasteiger charge is -2.40. The number of nitrogens with zero attached hydrogens (tertiary/aromatic N) is 3. The first-order valence-electron chi connectivity index (χ1n) is 8.48. The molecule has 3 rings (SSSR count). The minimum Gasteiger partial charge on any atom is -0.395 e. The van der Waals surface area contributed by atoms with E-state index < -0.39 is 0 Å². The van der Waals surface area contributed by atoms with Crippen LogP contribution in [0.2, 0.25) is 0 Å². The van der Waals surface area contributed by atoms with Crippen LogP contribution in [0.15, 0.2) is 34.9 Å². The van der Waals surface area contributed by atoms with Gasteiger partial charge in [0.2, 0.25) is 5.89 Å². The minimum absolute atomic E-state index is 0.112. The molecule has 2 heterocycles. The topological polar surface area (TPSA) is 62.4 Å². The van der Waals surface area contributed by atoms with Gasteiger partial charge in [-0.2, -0.15) is 16.7 Å². The van der Waals surface area contributed by atoms with E-state index >= 15 is 0 Å². The van der Waals surface area contributed by atoms with Crippen LogP contribution in [0.3, 0.4) is 0 Å². The molecule has 6 heteroatoms. The Morgan fingerprint density at radius 3 is 2.79 bits per heavy atom. The van der Waals surface area contributed by atoms with E-state index in [2.05, 4.69) is 53.2 Å². The second-order valence-corrected chi connectivity index (χ2v) is 7.75. The molecule has 0 unspecified atom stereocenters. The molecule has 1 aromatic heterocycles.